The van der Waals surface area contributed by atoms with Gasteiger partial charge in [-0.15, -0.1) is 0 Å². The SMILES string of the molecule is CN(c1ccc(C2CCC2)cc1)c1ccc2c(c1)CCN(C)C2CNc1cnccc1C(=O)O. The van der Waals surface area contributed by atoms with Crippen LogP contribution in [0.15, 0.2) is 60.9 Å². The number of carboxylic acids is 1. The maximum Gasteiger partial charge on any atom is 0.337 e. The molecule has 0 radical (unpaired) electrons. The van der Waals surface area contributed by atoms with Gasteiger partial charge in [-0.2, -0.15) is 0 Å². The molecule has 1 atom stereocenters. The van der Waals surface area contributed by atoms with Gasteiger partial charge in [-0.1, -0.05) is 24.6 Å². The van der Waals surface area contributed by atoms with E-state index in [0.717, 1.165) is 18.9 Å². The zero-order chi connectivity index (χ0) is 23.7. The monoisotopic (exact) mass is 456 g/mol. The lowest BCUT2D eigenvalue weighted by Gasteiger charge is -2.36. The molecule has 176 valence electrons. The fraction of sp³-hybridized carbons (Fsp3) is 0.357. The number of aromatic nitrogens is 1. The maximum absolute atomic E-state index is 11.5. The molecule has 1 aliphatic heterocycles. The number of carbonyl (C=O) groups is 1. The van der Waals surface area contributed by atoms with Crippen LogP contribution in [-0.4, -0.2) is 48.1 Å². The molecule has 34 heavy (non-hydrogen) atoms. The van der Waals surface area contributed by atoms with E-state index in [1.807, 2.05) is 0 Å². The van der Waals surface area contributed by atoms with Gasteiger partial charge in [-0.05, 0) is 79.3 Å². The molecular weight excluding hydrogens is 424 g/mol. The van der Waals surface area contributed by atoms with Gasteiger partial charge in [0.05, 0.1) is 23.5 Å². The first-order valence-electron chi connectivity index (χ1n) is 12.1. The van der Waals surface area contributed by atoms with E-state index >= 15 is 0 Å². The summed E-state index contributed by atoms with van der Waals surface area (Å²) in [6, 6.07) is 17.5. The smallest absolute Gasteiger partial charge is 0.337 e. The Bertz CT molecular complexity index is 1170. The number of likely N-dealkylation sites (N-methyl/N-ethyl adjacent to an activating group) is 1. The summed E-state index contributed by atoms with van der Waals surface area (Å²) in [6.45, 7) is 1.58. The Balaban J connectivity index is 1.33. The molecule has 6 heteroatoms. The van der Waals surface area contributed by atoms with Gasteiger partial charge in [0.2, 0.25) is 0 Å². The molecule has 2 aliphatic rings. The molecule has 6 nitrogen and oxygen atoms in total. The minimum atomic E-state index is -0.948. The quantitative estimate of drug-likeness (QED) is 0.492. The fourth-order valence-corrected chi connectivity index (χ4v) is 5.09. The van der Waals surface area contributed by atoms with E-state index in [0.29, 0.717) is 12.2 Å². The van der Waals surface area contributed by atoms with Crippen molar-refractivity contribution in [1.29, 1.82) is 0 Å². The summed E-state index contributed by atoms with van der Waals surface area (Å²) in [4.78, 5) is 20.2. The van der Waals surface area contributed by atoms with Crippen LogP contribution in [-0.2, 0) is 6.42 Å². The topological polar surface area (TPSA) is 68.7 Å². The third-order valence-electron chi connectivity index (χ3n) is 7.53. The molecule has 1 aromatic heterocycles. The predicted octanol–water partition coefficient (Wildman–Crippen LogP) is 5.46. The summed E-state index contributed by atoms with van der Waals surface area (Å²) >= 11 is 0. The number of fused-ring (bicyclic) bond motifs is 1. The van der Waals surface area contributed by atoms with Crippen LogP contribution in [0.1, 0.15) is 58.3 Å². The van der Waals surface area contributed by atoms with Crippen molar-refractivity contribution < 1.29 is 9.90 Å². The number of benzene rings is 2. The Morgan fingerprint density at radius 3 is 2.62 bits per heavy atom. The summed E-state index contributed by atoms with van der Waals surface area (Å²) in [5, 5.41) is 12.8. The van der Waals surface area contributed by atoms with Crippen molar-refractivity contribution in [2.75, 3.05) is 37.4 Å². The average molecular weight is 457 g/mol. The van der Waals surface area contributed by atoms with Crippen LogP contribution >= 0.6 is 0 Å². The standard InChI is InChI=1S/C28H32N4O2/c1-31-15-13-21-16-23(32(2)22-8-6-20(7-9-22)19-4-3-5-19)10-11-24(21)27(31)18-30-26-17-29-14-12-25(26)28(33)34/h6-12,14,16-17,19,27,30H,3-5,13,15,18H2,1-2H3,(H,33,34). The highest BCUT2D eigenvalue weighted by Crippen LogP contribution is 2.38. The van der Waals surface area contributed by atoms with Gasteiger partial charge in [0.25, 0.3) is 0 Å². The normalized spacial score (nSPS) is 18.1. The summed E-state index contributed by atoms with van der Waals surface area (Å²) in [5.41, 5.74) is 7.29. The van der Waals surface area contributed by atoms with Gasteiger partial charge in [0.15, 0.2) is 0 Å². The first-order valence-corrected chi connectivity index (χ1v) is 12.1. The van der Waals surface area contributed by atoms with E-state index < -0.39 is 5.97 Å². The van der Waals surface area contributed by atoms with Crippen molar-refractivity contribution in [1.82, 2.24) is 9.88 Å². The second kappa shape index (κ2) is 9.47. The van der Waals surface area contributed by atoms with Gasteiger partial charge in [-0.3, -0.25) is 9.88 Å². The molecule has 2 heterocycles. The zero-order valence-electron chi connectivity index (χ0n) is 19.9. The highest BCUT2D eigenvalue weighted by Gasteiger charge is 2.26. The second-order valence-electron chi connectivity index (χ2n) is 9.52. The van der Waals surface area contributed by atoms with Crippen LogP contribution in [0.2, 0.25) is 0 Å². The van der Waals surface area contributed by atoms with Crippen LogP contribution in [0.3, 0.4) is 0 Å². The molecule has 1 aliphatic carbocycles. The lowest BCUT2D eigenvalue weighted by atomic mass is 9.80. The Hall–Kier alpha value is -3.38. The average Bonchev–Trinajstić information content (AvgIpc) is 2.82. The summed E-state index contributed by atoms with van der Waals surface area (Å²) < 4.78 is 0. The molecule has 0 saturated heterocycles. The molecule has 3 aromatic rings. The number of aromatic carboxylic acids is 1. The van der Waals surface area contributed by atoms with E-state index in [1.54, 1.807) is 6.20 Å². The van der Waals surface area contributed by atoms with E-state index in [4.69, 9.17) is 0 Å². The van der Waals surface area contributed by atoms with Crippen molar-refractivity contribution in [2.45, 2.75) is 37.6 Å². The molecule has 2 aromatic carbocycles. The van der Waals surface area contributed by atoms with Crippen molar-refractivity contribution in [3.8, 4) is 0 Å². The van der Waals surface area contributed by atoms with Gasteiger partial charge < -0.3 is 15.3 Å². The highest BCUT2D eigenvalue weighted by atomic mass is 16.4. The van der Waals surface area contributed by atoms with Crippen molar-refractivity contribution in [3.05, 3.63) is 83.2 Å². The summed E-state index contributed by atoms with van der Waals surface area (Å²) in [7, 11) is 4.25. The Morgan fingerprint density at radius 1 is 1.15 bits per heavy atom. The highest BCUT2D eigenvalue weighted by molar-refractivity contribution is 5.93. The van der Waals surface area contributed by atoms with Gasteiger partial charge >= 0.3 is 5.97 Å². The molecule has 1 unspecified atom stereocenters. The van der Waals surface area contributed by atoms with Gasteiger partial charge in [0, 0.05) is 37.7 Å². The second-order valence-corrected chi connectivity index (χ2v) is 9.52. The van der Waals surface area contributed by atoms with Gasteiger partial charge in [-0.25, -0.2) is 4.79 Å². The molecule has 1 fully saturated rings. The number of hydrogen-bond donors (Lipinski definition) is 2. The molecule has 0 spiro atoms. The molecular formula is C28H32N4O2. The van der Waals surface area contributed by atoms with E-state index in [2.05, 4.69) is 76.7 Å². The lowest BCUT2D eigenvalue weighted by Crippen LogP contribution is -2.36. The first-order chi connectivity index (χ1) is 16.5. The number of pyridine rings is 1. The minimum Gasteiger partial charge on any atom is -0.478 e. The Kier molecular flexibility index (Phi) is 6.24. The number of rotatable bonds is 7. The van der Waals surface area contributed by atoms with Crippen LogP contribution in [0, 0.1) is 0 Å². The van der Waals surface area contributed by atoms with Crippen molar-refractivity contribution >= 4 is 23.0 Å². The number of carboxylic acid groups (broad SMARTS) is 1. The molecule has 0 amide bonds. The van der Waals surface area contributed by atoms with E-state index in [1.165, 1.54) is 59.6 Å². The maximum atomic E-state index is 11.5. The first kappa shape index (κ1) is 22.4. The number of hydrogen-bond acceptors (Lipinski definition) is 5. The van der Waals surface area contributed by atoms with E-state index in [9.17, 15) is 9.90 Å². The number of nitrogens with one attached hydrogen (secondary N) is 1. The minimum absolute atomic E-state index is 0.159. The van der Waals surface area contributed by atoms with Crippen LogP contribution in [0.5, 0.6) is 0 Å². The fourth-order valence-electron chi connectivity index (χ4n) is 5.09. The lowest BCUT2D eigenvalue weighted by molar-refractivity contribution is 0.0697. The van der Waals surface area contributed by atoms with Crippen LogP contribution < -0.4 is 10.2 Å². The third-order valence-corrected chi connectivity index (χ3v) is 7.53. The van der Waals surface area contributed by atoms with Crippen LogP contribution in [0.25, 0.3) is 0 Å². The Labute approximate surface area is 201 Å². The zero-order valence-corrected chi connectivity index (χ0v) is 19.9. The van der Waals surface area contributed by atoms with E-state index in [-0.39, 0.29) is 11.6 Å². The molecule has 0 bridgehead atoms. The molecule has 5 rings (SSSR count). The van der Waals surface area contributed by atoms with Crippen molar-refractivity contribution in [2.24, 2.45) is 0 Å². The Morgan fingerprint density at radius 2 is 1.91 bits per heavy atom. The summed E-state index contributed by atoms with van der Waals surface area (Å²) in [6.07, 6.45) is 8.09. The largest absolute Gasteiger partial charge is 0.478 e. The van der Waals surface area contributed by atoms with Gasteiger partial charge in [0.1, 0.15) is 0 Å². The number of anilines is 3. The third kappa shape index (κ3) is 4.38. The van der Waals surface area contributed by atoms with Crippen molar-refractivity contribution in [3.63, 3.8) is 0 Å². The number of nitrogens with zero attached hydrogens (tertiary/aromatic N) is 3. The predicted molar refractivity (Wildman–Crippen MR) is 136 cm³/mol. The molecule has 2 N–H and O–H groups in total. The molecule has 1 saturated carbocycles. The van der Waals surface area contributed by atoms with Crippen LogP contribution in [0.4, 0.5) is 17.1 Å². The summed E-state index contributed by atoms with van der Waals surface area (Å²) in [5.74, 6) is -0.195.